The van der Waals surface area contributed by atoms with E-state index in [1.165, 1.54) is 0 Å². The Morgan fingerprint density at radius 3 is 2.77 bits per heavy atom. The van der Waals surface area contributed by atoms with E-state index in [0.717, 1.165) is 16.0 Å². The fourth-order valence-corrected chi connectivity index (χ4v) is 5.29. The zero-order valence-corrected chi connectivity index (χ0v) is 15.3. The Balaban J connectivity index is 1.68. The summed E-state index contributed by atoms with van der Waals surface area (Å²) in [7, 11) is 0. The zero-order valence-electron chi connectivity index (χ0n) is 15.3. The lowest BCUT2D eigenvalue weighted by Crippen LogP contribution is -3.12. The summed E-state index contributed by atoms with van der Waals surface area (Å²) in [5.74, 6) is -0.182. The van der Waals surface area contributed by atoms with E-state index in [2.05, 4.69) is 24.4 Å². The molecule has 1 aromatic carbocycles. The van der Waals surface area contributed by atoms with Crippen molar-refractivity contribution < 1.29 is 24.0 Å². The summed E-state index contributed by atoms with van der Waals surface area (Å²) in [4.78, 5) is 27.6. The van der Waals surface area contributed by atoms with Gasteiger partial charge in [0, 0.05) is 11.0 Å². The lowest BCUT2D eigenvalue weighted by atomic mass is 9.73. The molecule has 4 heterocycles. The predicted octanol–water partition coefficient (Wildman–Crippen LogP) is 1.15. The molecule has 3 saturated heterocycles. The Kier molecular flexibility index (Phi) is 3.36. The highest BCUT2D eigenvalue weighted by Crippen LogP contribution is 2.47. The number of hydrogen-bond acceptors (Lipinski definition) is 4. The molecule has 26 heavy (non-hydrogen) atoms. The maximum absolute atomic E-state index is 13.4. The van der Waals surface area contributed by atoms with Gasteiger partial charge in [-0.25, -0.2) is 0 Å². The summed E-state index contributed by atoms with van der Waals surface area (Å²) in [6.45, 7) is 6.27. The summed E-state index contributed by atoms with van der Waals surface area (Å²) in [5.41, 5.74) is 1.82. The van der Waals surface area contributed by atoms with Crippen molar-refractivity contribution in [3.05, 3.63) is 41.6 Å². The van der Waals surface area contributed by atoms with Crippen LogP contribution in [0.4, 0.5) is 0 Å². The second-order valence-electron chi connectivity index (χ2n) is 8.88. The predicted molar refractivity (Wildman–Crippen MR) is 94.0 cm³/mol. The maximum Gasteiger partial charge on any atom is 0.218 e. The SMILES string of the molecule is CC(C)(C)C(=O)[C@H]1[C@@H]2[C@@H](C(=O)[C@@H]3OC[C@H]2O3)[C@H]2c3ccccc3C=C[NH+]21. The number of carbonyl (C=O) groups excluding carboxylic acids is 2. The highest BCUT2D eigenvalue weighted by Gasteiger charge is 2.67. The number of Topliss-reactive ketones (excluding diaryl/α,β-unsaturated/α-hetero) is 2. The average molecular weight is 354 g/mol. The number of hydrogen-bond donors (Lipinski definition) is 1. The first-order valence-corrected chi connectivity index (χ1v) is 9.37. The van der Waals surface area contributed by atoms with E-state index in [4.69, 9.17) is 9.47 Å². The number of ether oxygens (including phenoxy) is 2. The number of fused-ring (bicyclic) bond motifs is 8. The Bertz CT molecular complexity index is 824. The molecule has 7 atom stereocenters. The van der Waals surface area contributed by atoms with Crippen LogP contribution in [0.3, 0.4) is 0 Å². The first-order chi connectivity index (χ1) is 12.4. The van der Waals surface area contributed by atoms with Crippen molar-refractivity contribution in [1.29, 1.82) is 0 Å². The van der Waals surface area contributed by atoms with E-state index in [-0.39, 0.29) is 41.6 Å². The van der Waals surface area contributed by atoms with Gasteiger partial charge in [0.25, 0.3) is 0 Å². The molecule has 0 spiro atoms. The van der Waals surface area contributed by atoms with Crippen LogP contribution in [0, 0.1) is 17.3 Å². The number of ketones is 2. The molecular weight excluding hydrogens is 330 g/mol. The summed E-state index contributed by atoms with van der Waals surface area (Å²) in [5, 5.41) is 0. The van der Waals surface area contributed by atoms with Crippen LogP contribution in [0.25, 0.3) is 6.08 Å². The minimum absolute atomic E-state index is 0.000521. The summed E-state index contributed by atoms with van der Waals surface area (Å²) in [6, 6.07) is 7.86. The Morgan fingerprint density at radius 2 is 2.00 bits per heavy atom. The molecule has 1 aromatic rings. The Labute approximate surface area is 153 Å². The second-order valence-corrected chi connectivity index (χ2v) is 8.88. The molecule has 0 amide bonds. The number of benzene rings is 1. The first-order valence-electron chi connectivity index (χ1n) is 9.37. The fraction of sp³-hybridized carbons (Fsp3) is 0.524. The third-order valence-corrected chi connectivity index (χ3v) is 6.39. The van der Waals surface area contributed by atoms with Gasteiger partial charge in [-0.3, -0.25) is 14.5 Å². The van der Waals surface area contributed by atoms with E-state index < -0.39 is 11.7 Å². The summed E-state index contributed by atoms with van der Waals surface area (Å²) in [6.07, 6.45) is 3.23. The smallest absolute Gasteiger partial charge is 0.218 e. The quantitative estimate of drug-likeness (QED) is 0.822. The molecule has 0 saturated carbocycles. The third-order valence-electron chi connectivity index (χ3n) is 6.39. The van der Waals surface area contributed by atoms with Crippen molar-refractivity contribution in [2.24, 2.45) is 17.3 Å². The summed E-state index contributed by atoms with van der Waals surface area (Å²) >= 11 is 0. The van der Waals surface area contributed by atoms with Crippen molar-refractivity contribution in [2.75, 3.05) is 6.61 Å². The van der Waals surface area contributed by atoms with E-state index >= 15 is 0 Å². The number of carbonyl (C=O) groups is 2. The highest BCUT2D eigenvalue weighted by molar-refractivity contribution is 5.92. The van der Waals surface area contributed by atoms with Gasteiger partial charge in [0.1, 0.15) is 6.04 Å². The van der Waals surface area contributed by atoms with Gasteiger partial charge in [-0.1, -0.05) is 45.0 Å². The standard InChI is InChI=1S/C21H23NO4/c1-21(2,3)19(24)17-14-13-10-25-20(26-13)18(23)15(14)16-12-7-5-4-6-11(12)8-9-22(16)17/h4-9,13-17,20H,10H2,1-3H3/p+1/t13-,14+,15-,16-,17-,20-/m1/s1. The van der Waals surface area contributed by atoms with Crippen LogP contribution in [0.1, 0.15) is 37.9 Å². The molecule has 0 aromatic heterocycles. The molecule has 5 rings (SSSR count). The van der Waals surface area contributed by atoms with Crippen molar-refractivity contribution >= 4 is 17.6 Å². The van der Waals surface area contributed by atoms with Crippen LogP contribution in [-0.2, 0) is 19.1 Å². The Hall–Kier alpha value is -1.82. The molecule has 1 N–H and O–H groups in total. The number of rotatable bonds is 1. The van der Waals surface area contributed by atoms with Crippen LogP contribution in [-0.4, -0.2) is 36.6 Å². The molecule has 5 heteroatoms. The molecule has 1 unspecified atom stereocenters. The zero-order chi connectivity index (χ0) is 18.2. The lowest BCUT2D eigenvalue weighted by molar-refractivity contribution is -0.885. The first kappa shape index (κ1) is 16.4. The fourth-order valence-electron chi connectivity index (χ4n) is 5.29. The maximum atomic E-state index is 13.4. The van der Waals surface area contributed by atoms with Gasteiger partial charge in [-0.15, -0.1) is 0 Å². The molecule has 5 nitrogen and oxygen atoms in total. The van der Waals surface area contributed by atoms with Crippen LogP contribution >= 0.6 is 0 Å². The largest absolute Gasteiger partial charge is 0.343 e. The van der Waals surface area contributed by atoms with Crippen molar-refractivity contribution in [1.82, 2.24) is 0 Å². The van der Waals surface area contributed by atoms with Gasteiger partial charge >= 0.3 is 0 Å². The van der Waals surface area contributed by atoms with Gasteiger partial charge in [-0.05, 0) is 11.6 Å². The van der Waals surface area contributed by atoms with E-state index in [9.17, 15) is 9.59 Å². The topological polar surface area (TPSA) is 57.0 Å². The van der Waals surface area contributed by atoms with Crippen molar-refractivity contribution in [2.45, 2.75) is 45.2 Å². The molecule has 0 aliphatic carbocycles. The third kappa shape index (κ3) is 2.08. The minimum Gasteiger partial charge on any atom is -0.343 e. The molecule has 2 bridgehead atoms. The molecule has 136 valence electrons. The molecule has 4 aliphatic rings. The van der Waals surface area contributed by atoms with E-state index in [1.807, 2.05) is 32.9 Å². The average Bonchev–Trinajstić information content (AvgIpc) is 3.19. The van der Waals surface area contributed by atoms with Crippen LogP contribution < -0.4 is 4.90 Å². The van der Waals surface area contributed by atoms with Crippen LogP contribution in [0.2, 0.25) is 0 Å². The number of nitrogens with one attached hydrogen (secondary N) is 1. The van der Waals surface area contributed by atoms with Gasteiger partial charge in [0.05, 0.1) is 30.7 Å². The normalized spacial score (nSPS) is 40.1. The number of quaternary nitrogens is 1. The van der Waals surface area contributed by atoms with Gasteiger partial charge in [0.2, 0.25) is 6.29 Å². The van der Waals surface area contributed by atoms with Crippen molar-refractivity contribution in [3.63, 3.8) is 0 Å². The summed E-state index contributed by atoms with van der Waals surface area (Å²) < 4.78 is 11.4. The highest BCUT2D eigenvalue weighted by atomic mass is 16.7. The molecule has 0 radical (unpaired) electrons. The van der Waals surface area contributed by atoms with Gasteiger partial charge < -0.3 is 9.47 Å². The molecule has 3 fully saturated rings. The van der Waals surface area contributed by atoms with Crippen LogP contribution in [0.15, 0.2) is 30.5 Å². The van der Waals surface area contributed by atoms with Gasteiger partial charge in [-0.2, -0.15) is 0 Å². The van der Waals surface area contributed by atoms with E-state index in [1.54, 1.807) is 0 Å². The van der Waals surface area contributed by atoms with E-state index in [0.29, 0.717) is 6.61 Å². The molecule has 4 aliphatic heterocycles. The monoisotopic (exact) mass is 354 g/mol. The van der Waals surface area contributed by atoms with Crippen LogP contribution in [0.5, 0.6) is 0 Å². The minimum atomic E-state index is -0.760. The van der Waals surface area contributed by atoms with Gasteiger partial charge in [0.15, 0.2) is 17.6 Å². The van der Waals surface area contributed by atoms with Crippen molar-refractivity contribution in [3.8, 4) is 0 Å². The second kappa shape index (κ2) is 5.35. The Morgan fingerprint density at radius 1 is 1.23 bits per heavy atom. The molecular formula is C21H24NO4+. The lowest BCUT2D eigenvalue weighted by Gasteiger charge is -2.32.